The number of amides is 1. The van der Waals surface area contributed by atoms with Crippen molar-refractivity contribution in [3.63, 3.8) is 0 Å². The van der Waals surface area contributed by atoms with E-state index in [9.17, 15) is 9.59 Å². The molecule has 2 N–H and O–H groups in total. The topological polar surface area (TPSA) is 69.6 Å². The summed E-state index contributed by atoms with van der Waals surface area (Å²) in [6, 6.07) is 5.72. The Kier molecular flexibility index (Phi) is 5.13. The summed E-state index contributed by atoms with van der Waals surface area (Å²) in [6.45, 7) is 5.07. The summed E-state index contributed by atoms with van der Waals surface area (Å²) in [6.07, 6.45) is 0. The molecule has 0 aliphatic rings. The lowest BCUT2D eigenvalue weighted by molar-refractivity contribution is -0.145. The highest BCUT2D eigenvalue weighted by atomic mass is 16.4. The summed E-state index contributed by atoms with van der Waals surface area (Å²) < 4.78 is 0. The molecule has 0 spiro atoms. The van der Waals surface area contributed by atoms with Crippen molar-refractivity contribution in [3.8, 4) is 0 Å². The third-order valence-electron chi connectivity index (χ3n) is 3.54. The number of carboxylic acid groups (broad SMARTS) is 1. The van der Waals surface area contributed by atoms with E-state index in [1.165, 1.54) is 6.92 Å². The van der Waals surface area contributed by atoms with E-state index in [0.717, 1.165) is 11.3 Å². The first-order valence-electron chi connectivity index (χ1n) is 6.55. The highest BCUT2D eigenvalue weighted by Crippen LogP contribution is 2.22. The zero-order chi connectivity index (χ0) is 15.4. The van der Waals surface area contributed by atoms with E-state index in [0.29, 0.717) is 5.69 Å². The van der Waals surface area contributed by atoms with Gasteiger partial charge in [-0.15, -0.1) is 0 Å². The van der Waals surface area contributed by atoms with E-state index >= 15 is 0 Å². The Balaban J connectivity index is 2.83. The molecule has 0 bridgehead atoms. The zero-order valence-corrected chi connectivity index (χ0v) is 12.6. The van der Waals surface area contributed by atoms with E-state index in [1.807, 2.05) is 44.1 Å². The molecule has 0 aromatic heterocycles. The molecule has 1 rings (SSSR count). The predicted octanol–water partition coefficient (Wildman–Crippen LogP) is 2.36. The van der Waals surface area contributed by atoms with Crippen LogP contribution in [0.5, 0.6) is 0 Å². The zero-order valence-electron chi connectivity index (χ0n) is 12.6. The average molecular weight is 278 g/mol. The number of carbonyl (C=O) groups is 2. The number of benzene rings is 1. The molecule has 5 nitrogen and oxygen atoms in total. The number of rotatable bonds is 5. The summed E-state index contributed by atoms with van der Waals surface area (Å²) in [5.41, 5.74) is 2.71. The quantitative estimate of drug-likeness (QED) is 0.867. The Morgan fingerprint density at radius 1 is 1.20 bits per heavy atom. The van der Waals surface area contributed by atoms with Crippen LogP contribution >= 0.6 is 0 Å². The number of hydrogen-bond donors (Lipinski definition) is 2. The molecule has 2 unspecified atom stereocenters. The Morgan fingerprint density at radius 2 is 1.80 bits per heavy atom. The van der Waals surface area contributed by atoms with Crippen LogP contribution in [-0.2, 0) is 9.59 Å². The minimum absolute atomic E-state index is 0.277. The van der Waals surface area contributed by atoms with Crippen LogP contribution in [0.3, 0.4) is 0 Å². The Hall–Kier alpha value is -2.04. The molecule has 0 saturated carbocycles. The molecule has 0 heterocycles. The van der Waals surface area contributed by atoms with Gasteiger partial charge in [-0.1, -0.05) is 13.8 Å². The third kappa shape index (κ3) is 3.73. The largest absolute Gasteiger partial charge is 0.481 e. The van der Waals surface area contributed by atoms with Gasteiger partial charge < -0.3 is 15.3 Å². The Morgan fingerprint density at radius 3 is 2.25 bits per heavy atom. The molecular formula is C15H22N2O3. The number of hydrogen-bond acceptors (Lipinski definition) is 3. The molecule has 20 heavy (non-hydrogen) atoms. The van der Waals surface area contributed by atoms with Crippen molar-refractivity contribution in [2.45, 2.75) is 20.8 Å². The predicted molar refractivity (Wildman–Crippen MR) is 80.1 cm³/mol. The maximum Gasteiger partial charge on any atom is 0.307 e. The van der Waals surface area contributed by atoms with Crippen molar-refractivity contribution in [2.75, 3.05) is 24.3 Å². The lowest BCUT2D eigenvalue weighted by Crippen LogP contribution is -2.30. The fraction of sp³-hybridized carbons (Fsp3) is 0.467. The van der Waals surface area contributed by atoms with E-state index in [-0.39, 0.29) is 5.91 Å². The van der Waals surface area contributed by atoms with E-state index < -0.39 is 17.8 Å². The maximum absolute atomic E-state index is 12.0. The van der Waals surface area contributed by atoms with Crippen LogP contribution in [0.2, 0.25) is 0 Å². The first-order valence-corrected chi connectivity index (χ1v) is 6.55. The van der Waals surface area contributed by atoms with Crippen molar-refractivity contribution < 1.29 is 14.7 Å². The highest BCUT2D eigenvalue weighted by Gasteiger charge is 2.26. The van der Waals surface area contributed by atoms with Crippen LogP contribution in [0.1, 0.15) is 19.4 Å². The van der Waals surface area contributed by atoms with Gasteiger partial charge in [0.25, 0.3) is 0 Å². The first kappa shape index (κ1) is 16.0. The Labute approximate surface area is 119 Å². The van der Waals surface area contributed by atoms with Gasteiger partial charge in [-0.2, -0.15) is 0 Å². The molecule has 0 radical (unpaired) electrons. The van der Waals surface area contributed by atoms with Gasteiger partial charge >= 0.3 is 5.97 Å². The minimum atomic E-state index is -0.965. The molecule has 0 saturated heterocycles. The van der Waals surface area contributed by atoms with E-state index in [4.69, 9.17) is 5.11 Å². The molecule has 0 fully saturated rings. The third-order valence-corrected chi connectivity index (χ3v) is 3.54. The normalized spacial score (nSPS) is 13.4. The molecular weight excluding hydrogens is 256 g/mol. The monoisotopic (exact) mass is 278 g/mol. The molecule has 1 aromatic rings. The molecule has 2 atom stereocenters. The minimum Gasteiger partial charge on any atom is -0.481 e. The van der Waals surface area contributed by atoms with Gasteiger partial charge in [0.05, 0.1) is 5.92 Å². The smallest absolute Gasteiger partial charge is 0.307 e. The number of nitrogens with zero attached hydrogens (tertiary/aromatic N) is 1. The van der Waals surface area contributed by atoms with Crippen molar-refractivity contribution in [2.24, 2.45) is 11.8 Å². The fourth-order valence-corrected chi connectivity index (χ4v) is 1.75. The van der Waals surface area contributed by atoms with Crippen LogP contribution in [0, 0.1) is 18.8 Å². The Bertz CT molecular complexity index is 512. The number of aliphatic carboxylic acids is 1. The van der Waals surface area contributed by atoms with Crippen molar-refractivity contribution in [1.29, 1.82) is 0 Å². The van der Waals surface area contributed by atoms with Crippen LogP contribution in [-0.4, -0.2) is 31.1 Å². The summed E-state index contributed by atoms with van der Waals surface area (Å²) in [7, 11) is 3.90. The number of carbonyl (C=O) groups excluding carboxylic acids is 1. The highest BCUT2D eigenvalue weighted by molar-refractivity contribution is 5.95. The van der Waals surface area contributed by atoms with Crippen molar-refractivity contribution in [3.05, 3.63) is 23.8 Å². The number of aryl methyl sites for hydroxylation is 1. The first-order chi connectivity index (χ1) is 9.23. The second-order valence-electron chi connectivity index (χ2n) is 5.30. The summed E-state index contributed by atoms with van der Waals surface area (Å²) >= 11 is 0. The second-order valence-corrected chi connectivity index (χ2v) is 5.30. The number of nitrogens with one attached hydrogen (secondary N) is 1. The molecule has 0 aliphatic carbocycles. The lowest BCUT2D eigenvalue weighted by atomic mass is 9.95. The molecule has 1 amide bonds. The van der Waals surface area contributed by atoms with Crippen molar-refractivity contribution >= 4 is 23.3 Å². The van der Waals surface area contributed by atoms with Gasteiger partial charge in [0.1, 0.15) is 0 Å². The van der Waals surface area contributed by atoms with Gasteiger partial charge in [0.2, 0.25) is 5.91 Å². The lowest BCUT2D eigenvalue weighted by Gasteiger charge is -2.18. The second kappa shape index (κ2) is 6.41. The van der Waals surface area contributed by atoms with E-state index in [1.54, 1.807) is 6.92 Å². The van der Waals surface area contributed by atoms with Gasteiger partial charge in [-0.05, 0) is 30.7 Å². The van der Waals surface area contributed by atoms with Crippen LogP contribution in [0.15, 0.2) is 18.2 Å². The van der Waals surface area contributed by atoms with Gasteiger partial charge in [-0.25, -0.2) is 0 Å². The van der Waals surface area contributed by atoms with E-state index in [2.05, 4.69) is 5.32 Å². The fourth-order valence-electron chi connectivity index (χ4n) is 1.75. The summed E-state index contributed by atoms with van der Waals surface area (Å²) in [4.78, 5) is 24.9. The van der Waals surface area contributed by atoms with Crippen LogP contribution in [0.25, 0.3) is 0 Å². The number of carboxylic acids is 1. The summed E-state index contributed by atoms with van der Waals surface area (Å²) in [5.74, 6) is -2.54. The standard InChI is InChI=1S/C15H22N2O3/c1-9-8-12(17(4)5)6-7-13(9)16-14(18)10(2)11(3)15(19)20/h6-8,10-11H,1-5H3,(H,16,18)(H,19,20). The van der Waals surface area contributed by atoms with Gasteiger partial charge in [-0.3, -0.25) is 9.59 Å². The molecule has 5 heteroatoms. The van der Waals surface area contributed by atoms with Gasteiger partial charge in [0.15, 0.2) is 0 Å². The maximum atomic E-state index is 12.0. The SMILES string of the molecule is Cc1cc(N(C)C)ccc1NC(=O)C(C)C(C)C(=O)O. The molecule has 110 valence electrons. The average Bonchev–Trinajstić information content (AvgIpc) is 2.38. The van der Waals surface area contributed by atoms with Crippen LogP contribution in [0.4, 0.5) is 11.4 Å². The van der Waals surface area contributed by atoms with Crippen LogP contribution < -0.4 is 10.2 Å². The molecule has 0 aliphatic heterocycles. The summed E-state index contributed by atoms with van der Waals surface area (Å²) in [5, 5.41) is 11.7. The number of anilines is 2. The molecule has 1 aromatic carbocycles. The van der Waals surface area contributed by atoms with Gasteiger partial charge in [0, 0.05) is 31.4 Å². The van der Waals surface area contributed by atoms with Crippen molar-refractivity contribution in [1.82, 2.24) is 0 Å².